The van der Waals surface area contributed by atoms with E-state index >= 15 is 0 Å². The highest BCUT2D eigenvalue weighted by Crippen LogP contribution is 2.12. The summed E-state index contributed by atoms with van der Waals surface area (Å²) in [6.07, 6.45) is 1.61. The predicted molar refractivity (Wildman–Crippen MR) is 54.8 cm³/mol. The average molecular weight is 235 g/mol. The van der Waals surface area contributed by atoms with Crippen LogP contribution in [0.5, 0.6) is 0 Å². The molecule has 0 saturated carbocycles. The minimum Gasteiger partial charge on any atom is -0.229 e. The molecule has 0 aliphatic rings. The van der Waals surface area contributed by atoms with E-state index in [1.54, 1.807) is 0 Å². The zero-order chi connectivity index (χ0) is 9.90. The molecule has 0 aliphatic carbocycles. The molecule has 0 atom stereocenters. The van der Waals surface area contributed by atoms with Crippen LogP contribution in [-0.2, 0) is 22.0 Å². The van der Waals surface area contributed by atoms with Crippen LogP contribution in [0.25, 0.3) is 0 Å². The standard InChI is InChI=1S/C6H7N2O2S3/c1-13(9,10)4-6-8-7-5(12-6)2-3-11/h2,4H2,1H3. The van der Waals surface area contributed by atoms with Gasteiger partial charge in [-0.2, -0.15) is 0 Å². The van der Waals surface area contributed by atoms with Gasteiger partial charge in [0, 0.05) is 18.0 Å². The van der Waals surface area contributed by atoms with Crippen molar-refractivity contribution in [3.63, 3.8) is 0 Å². The van der Waals surface area contributed by atoms with Gasteiger partial charge < -0.3 is 0 Å². The van der Waals surface area contributed by atoms with Crippen molar-refractivity contribution in [3.05, 3.63) is 10.0 Å². The van der Waals surface area contributed by atoms with Crippen LogP contribution < -0.4 is 0 Å². The third-order valence-corrected chi connectivity index (χ3v) is 3.17. The molecular formula is C6H7N2O2S3. The Balaban J connectivity index is 2.75. The number of sulfone groups is 1. The van der Waals surface area contributed by atoms with Gasteiger partial charge >= 0.3 is 0 Å². The largest absolute Gasteiger partial charge is 0.229 e. The maximum absolute atomic E-state index is 10.9. The molecule has 0 fully saturated rings. The van der Waals surface area contributed by atoms with Crippen LogP contribution in [0.15, 0.2) is 0 Å². The Labute approximate surface area is 85.9 Å². The lowest BCUT2D eigenvalue weighted by molar-refractivity contribution is 0.600. The normalized spacial score (nSPS) is 11.5. The summed E-state index contributed by atoms with van der Waals surface area (Å²) in [7, 11) is -3.02. The third kappa shape index (κ3) is 3.88. The fraction of sp³-hybridized carbons (Fsp3) is 0.500. The molecule has 1 heterocycles. The Hall–Kier alpha value is -0.400. The lowest BCUT2D eigenvalue weighted by atomic mass is 10.5. The van der Waals surface area contributed by atoms with E-state index in [9.17, 15) is 8.42 Å². The molecule has 1 aromatic heterocycles. The molecule has 1 aromatic rings. The summed E-state index contributed by atoms with van der Waals surface area (Å²) in [5.74, 6) is -0.0535. The zero-order valence-electron chi connectivity index (χ0n) is 6.85. The summed E-state index contributed by atoms with van der Waals surface area (Å²) in [5, 5.41) is 11.2. The van der Waals surface area contributed by atoms with Crippen molar-refractivity contribution < 1.29 is 8.42 Å². The molecule has 0 aromatic carbocycles. The minimum absolute atomic E-state index is 0.0535. The van der Waals surface area contributed by atoms with Gasteiger partial charge in [-0.3, -0.25) is 0 Å². The first kappa shape index (κ1) is 10.7. The summed E-state index contributed by atoms with van der Waals surface area (Å²) >= 11 is 5.78. The van der Waals surface area contributed by atoms with Crippen LogP contribution >= 0.6 is 23.6 Å². The van der Waals surface area contributed by atoms with Crippen molar-refractivity contribution in [2.24, 2.45) is 0 Å². The van der Waals surface area contributed by atoms with Crippen molar-refractivity contribution in [2.75, 3.05) is 6.26 Å². The zero-order valence-corrected chi connectivity index (χ0v) is 9.30. The molecule has 0 amide bonds. The molecule has 0 unspecified atom stereocenters. The quantitative estimate of drug-likeness (QED) is 0.711. The minimum atomic E-state index is -3.02. The smallest absolute Gasteiger partial charge is 0.154 e. The van der Waals surface area contributed by atoms with Gasteiger partial charge in [0.1, 0.15) is 15.8 Å². The van der Waals surface area contributed by atoms with Crippen LogP contribution in [0.1, 0.15) is 10.0 Å². The Kier molecular flexibility index (Phi) is 3.46. The number of aromatic nitrogens is 2. The molecule has 1 rings (SSSR count). The first-order chi connectivity index (χ1) is 6.01. The van der Waals surface area contributed by atoms with E-state index in [4.69, 9.17) is 0 Å². The van der Waals surface area contributed by atoms with Crippen LogP contribution in [0.4, 0.5) is 0 Å². The van der Waals surface area contributed by atoms with E-state index in [-0.39, 0.29) is 5.75 Å². The Morgan fingerprint density at radius 3 is 2.62 bits per heavy atom. The molecule has 0 saturated heterocycles. The highest BCUT2D eigenvalue weighted by molar-refractivity contribution is 7.90. The second-order valence-corrected chi connectivity index (χ2v) is 6.06. The first-order valence-corrected chi connectivity index (χ1v) is 6.64. The van der Waals surface area contributed by atoms with E-state index in [0.29, 0.717) is 16.4 Å². The summed E-state index contributed by atoms with van der Waals surface area (Å²) in [6.45, 7) is 0. The average Bonchev–Trinajstić information content (AvgIpc) is 2.33. The van der Waals surface area contributed by atoms with Gasteiger partial charge in [-0.1, -0.05) is 12.2 Å². The van der Waals surface area contributed by atoms with Crippen molar-refractivity contribution in [3.8, 4) is 0 Å². The van der Waals surface area contributed by atoms with Crippen molar-refractivity contribution in [1.29, 1.82) is 0 Å². The summed E-state index contributed by atoms with van der Waals surface area (Å²) < 4.78 is 21.7. The first-order valence-electron chi connectivity index (χ1n) is 3.35. The highest BCUT2D eigenvalue weighted by atomic mass is 32.2. The fourth-order valence-corrected chi connectivity index (χ4v) is 2.90. The molecule has 0 N–H and O–H groups in total. The number of hydrogen-bond acceptors (Lipinski definition) is 6. The lowest BCUT2D eigenvalue weighted by Crippen LogP contribution is -1.99. The van der Waals surface area contributed by atoms with Crippen LogP contribution in [-0.4, -0.2) is 30.2 Å². The van der Waals surface area contributed by atoms with E-state index in [1.165, 1.54) is 17.6 Å². The molecule has 7 heteroatoms. The van der Waals surface area contributed by atoms with Gasteiger partial charge in [0.25, 0.3) is 0 Å². The number of nitrogens with zero attached hydrogens (tertiary/aromatic N) is 2. The number of hydrogen-bond donors (Lipinski definition) is 0. The van der Waals surface area contributed by atoms with E-state index in [2.05, 4.69) is 27.8 Å². The van der Waals surface area contributed by atoms with E-state index in [1.807, 2.05) is 0 Å². The topological polar surface area (TPSA) is 59.9 Å². The Bertz CT molecular complexity index is 396. The predicted octanol–water partition coefficient (Wildman–Crippen LogP) is 0.502. The molecule has 71 valence electrons. The number of rotatable bonds is 4. The molecule has 0 bridgehead atoms. The molecular weight excluding hydrogens is 228 g/mol. The maximum Gasteiger partial charge on any atom is 0.154 e. The fourth-order valence-electron chi connectivity index (χ4n) is 0.704. The van der Waals surface area contributed by atoms with Crippen molar-refractivity contribution >= 4 is 38.8 Å². The molecule has 1 radical (unpaired) electrons. The van der Waals surface area contributed by atoms with E-state index in [0.717, 1.165) is 0 Å². The maximum atomic E-state index is 10.9. The van der Waals surface area contributed by atoms with Gasteiger partial charge in [0.2, 0.25) is 0 Å². The molecule has 4 nitrogen and oxygen atoms in total. The number of thiocarbonyl (C=S) groups is 1. The summed E-state index contributed by atoms with van der Waals surface area (Å²) in [4.78, 5) is 0. The van der Waals surface area contributed by atoms with Gasteiger partial charge in [-0.05, 0) is 0 Å². The third-order valence-electron chi connectivity index (χ3n) is 1.12. The molecule has 13 heavy (non-hydrogen) atoms. The molecule has 0 spiro atoms. The highest BCUT2D eigenvalue weighted by Gasteiger charge is 2.09. The Morgan fingerprint density at radius 2 is 2.08 bits per heavy atom. The summed E-state index contributed by atoms with van der Waals surface area (Å²) in [6, 6.07) is 0. The van der Waals surface area contributed by atoms with Crippen LogP contribution in [0, 0.1) is 0 Å². The lowest BCUT2D eigenvalue weighted by Gasteiger charge is -1.89. The van der Waals surface area contributed by atoms with Gasteiger partial charge in [-0.15, -0.1) is 21.5 Å². The second kappa shape index (κ2) is 4.21. The van der Waals surface area contributed by atoms with Gasteiger partial charge in [0.15, 0.2) is 9.84 Å². The Morgan fingerprint density at radius 1 is 1.46 bits per heavy atom. The van der Waals surface area contributed by atoms with Crippen LogP contribution in [0.2, 0.25) is 0 Å². The van der Waals surface area contributed by atoms with Gasteiger partial charge in [0.05, 0.1) is 0 Å². The van der Waals surface area contributed by atoms with E-state index < -0.39 is 9.84 Å². The monoisotopic (exact) mass is 235 g/mol. The summed E-state index contributed by atoms with van der Waals surface area (Å²) in [5.41, 5.74) is 0. The second-order valence-electron chi connectivity index (χ2n) is 2.48. The van der Waals surface area contributed by atoms with Gasteiger partial charge in [-0.25, -0.2) is 8.42 Å². The van der Waals surface area contributed by atoms with Crippen molar-refractivity contribution in [1.82, 2.24) is 10.2 Å². The molecule has 0 aliphatic heterocycles. The van der Waals surface area contributed by atoms with Crippen molar-refractivity contribution in [2.45, 2.75) is 12.2 Å². The SMILES string of the molecule is CS(=O)(=O)Cc1nnc(C[C]=S)s1. The van der Waals surface area contributed by atoms with Crippen LogP contribution in [0.3, 0.4) is 0 Å².